The molecule has 0 bridgehead atoms. The first-order chi connectivity index (χ1) is 7.77. The van der Waals surface area contributed by atoms with Crippen LogP contribution in [0.4, 0.5) is 0 Å². The van der Waals surface area contributed by atoms with Gasteiger partial charge in [0.05, 0.1) is 24.2 Å². The molecule has 94 valence electrons. The highest BCUT2D eigenvalue weighted by Gasteiger charge is 2.19. The molecule has 0 aromatic carbocycles. The summed E-state index contributed by atoms with van der Waals surface area (Å²) in [7, 11) is 0. The van der Waals surface area contributed by atoms with Gasteiger partial charge in [0.15, 0.2) is 0 Å². The van der Waals surface area contributed by atoms with Gasteiger partial charge in [-0.25, -0.2) is 0 Å². The molecule has 1 rings (SSSR count). The Morgan fingerprint density at radius 3 is 2.50 bits per heavy atom. The minimum atomic E-state index is 0.0813. The Hall–Kier alpha value is 0.0800. The number of aliphatic hydroxyl groups excluding tert-OH is 1. The smallest absolute Gasteiger partial charge is 0.232 e. The second kappa shape index (κ2) is 8.21. The summed E-state index contributed by atoms with van der Waals surface area (Å²) in [6.07, 6.45) is 0. The lowest BCUT2D eigenvalue weighted by atomic mass is 10.3. The van der Waals surface area contributed by atoms with Crippen molar-refractivity contribution in [1.82, 2.24) is 9.80 Å². The Kier molecular flexibility index (Phi) is 7.26. The highest BCUT2D eigenvalue weighted by molar-refractivity contribution is 14.1. The largest absolute Gasteiger partial charge is 0.394 e. The zero-order valence-corrected chi connectivity index (χ0v) is 11.6. The molecule has 1 saturated heterocycles. The molecule has 0 aromatic rings. The van der Waals surface area contributed by atoms with Crippen molar-refractivity contribution in [2.75, 3.05) is 57.0 Å². The number of carbonyl (C=O) groups is 1. The molecule has 0 atom stereocenters. The summed E-state index contributed by atoms with van der Waals surface area (Å²) in [5.74, 6) is 0.233. The van der Waals surface area contributed by atoms with Gasteiger partial charge in [0, 0.05) is 32.7 Å². The van der Waals surface area contributed by atoms with Gasteiger partial charge in [-0.15, -0.1) is 0 Å². The summed E-state index contributed by atoms with van der Waals surface area (Å²) in [5, 5.41) is 8.54. The predicted molar refractivity (Wildman–Crippen MR) is 69.8 cm³/mol. The molecule has 1 aliphatic heterocycles. The molecule has 0 aromatic heterocycles. The number of rotatable bonds is 6. The number of alkyl halides is 1. The molecule has 0 spiro atoms. The molecule has 1 N–H and O–H groups in total. The van der Waals surface area contributed by atoms with E-state index in [1.165, 1.54) is 0 Å². The van der Waals surface area contributed by atoms with Gasteiger partial charge < -0.3 is 14.7 Å². The van der Waals surface area contributed by atoms with E-state index >= 15 is 0 Å². The SMILES string of the molecule is O=C(CI)N1CCN(CCOCCO)CC1. The van der Waals surface area contributed by atoms with Crippen molar-refractivity contribution in [2.45, 2.75) is 0 Å². The lowest BCUT2D eigenvalue weighted by molar-refractivity contribution is -0.129. The van der Waals surface area contributed by atoms with Gasteiger partial charge in [-0.3, -0.25) is 9.69 Å². The van der Waals surface area contributed by atoms with E-state index in [-0.39, 0.29) is 12.5 Å². The Balaban J connectivity index is 2.10. The average molecular weight is 342 g/mol. The van der Waals surface area contributed by atoms with Crippen LogP contribution in [0, 0.1) is 0 Å². The Morgan fingerprint density at radius 2 is 1.94 bits per heavy atom. The van der Waals surface area contributed by atoms with Gasteiger partial charge in [-0.1, -0.05) is 22.6 Å². The van der Waals surface area contributed by atoms with Crippen molar-refractivity contribution in [3.63, 3.8) is 0 Å². The van der Waals surface area contributed by atoms with Gasteiger partial charge >= 0.3 is 0 Å². The number of halogens is 1. The van der Waals surface area contributed by atoms with Crippen LogP contribution in [0.2, 0.25) is 0 Å². The van der Waals surface area contributed by atoms with E-state index in [1.54, 1.807) is 0 Å². The second-order valence-corrected chi connectivity index (χ2v) is 4.45. The van der Waals surface area contributed by atoms with Crippen LogP contribution >= 0.6 is 22.6 Å². The van der Waals surface area contributed by atoms with Crippen LogP contribution in [0.15, 0.2) is 0 Å². The predicted octanol–water partition coefficient (Wildman–Crippen LogP) is -0.425. The average Bonchev–Trinajstić information content (AvgIpc) is 2.34. The van der Waals surface area contributed by atoms with Gasteiger partial charge in [0.1, 0.15) is 0 Å². The first-order valence-electron chi connectivity index (χ1n) is 5.52. The third-order valence-corrected chi connectivity index (χ3v) is 3.28. The molecule has 1 heterocycles. The number of nitrogens with zero attached hydrogens (tertiary/aromatic N) is 2. The molecule has 0 saturated carbocycles. The van der Waals surface area contributed by atoms with Gasteiger partial charge in [0.2, 0.25) is 5.91 Å². The summed E-state index contributed by atoms with van der Waals surface area (Å²) >= 11 is 2.10. The van der Waals surface area contributed by atoms with Crippen LogP contribution < -0.4 is 0 Å². The van der Waals surface area contributed by atoms with Crippen LogP contribution in [0.25, 0.3) is 0 Å². The van der Waals surface area contributed by atoms with Crippen LogP contribution in [0.3, 0.4) is 0 Å². The maximum Gasteiger partial charge on any atom is 0.232 e. The quantitative estimate of drug-likeness (QED) is 0.405. The molecule has 1 fully saturated rings. The van der Waals surface area contributed by atoms with Gasteiger partial charge in [-0.05, 0) is 0 Å². The normalized spacial score (nSPS) is 17.8. The molecule has 0 unspecified atom stereocenters. The fourth-order valence-electron chi connectivity index (χ4n) is 1.67. The number of hydrogen-bond acceptors (Lipinski definition) is 4. The van der Waals surface area contributed by atoms with Gasteiger partial charge in [-0.2, -0.15) is 0 Å². The maximum absolute atomic E-state index is 11.4. The zero-order chi connectivity index (χ0) is 11.8. The standard InChI is InChI=1S/C10H19IN2O3/c11-9-10(15)13-3-1-12(2-4-13)5-7-16-8-6-14/h14H,1-9H2. The topological polar surface area (TPSA) is 53.0 Å². The third kappa shape index (κ3) is 4.94. The molecule has 16 heavy (non-hydrogen) atoms. The number of ether oxygens (including phenoxy) is 1. The summed E-state index contributed by atoms with van der Waals surface area (Å²) < 4.78 is 5.77. The number of amides is 1. The van der Waals surface area contributed by atoms with Crippen LogP contribution in [-0.4, -0.2) is 77.8 Å². The van der Waals surface area contributed by atoms with E-state index in [9.17, 15) is 4.79 Å². The van der Waals surface area contributed by atoms with Crippen molar-refractivity contribution in [2.24, 2.45) is 0 Å². The monoisotopic (exact) mass is 342 g/mol. The minimum absolute atomic E-state index is 0.0813. The van der Waals surface area contributed by atoms with Crippen LogP contribution in [0.1, 0.15) is 0 Å². The van der Waals surface area contributed by atoms with Crippen LogP contribution in [-0.2, 0) is 9.53 Å². The second-order valence-electron chi connectivity index (χ2n) is 3.69. The van der Waals surface area contributed by atoms with Gasteiger partial charge in [0.25, 0.3) is 0 Å². The number of carbonyl (C=O) groups excluding carboxylic acids is 1. The number of piperazine rings is 1. The van der Waals surface area contributed by atoms with Crippen molar-refractivity contribution in [1.29, 1.82) is 0 Å². The number of hydrogen-bond donors (Lipinski definition) is 1. The van der Waals surface area contributed by atoms with E-state index in [0.29, 0.717) is 17.6 Å². The Bertz CT molecular complexity index is 208. The highest BCUT2D eigenvalue weighted by Crippen LogP contribution is 2.03. The molecule has 1 aliphatic rings. The summed E-state index contributed by atoms with van der Waals surface area (Å²) in [6, 6.07) is 0. The summed E-state index contributed by atoms with van der Waals surface area (Å²) in [5.41, 5.74) is 0. The van der Waals surface area contributed by atoms with E-state index in [2.05, 4.69) is 27.5 Å². The Labute approximate surface area is 110 Å². The highest BCUT2D eigenvalue weighted by atomic mass is 127. The first-order valence-corrected chi connectivity index (χ1v) is 7.05. The minimum Gasteiger partial charge on any atom is -0.394 e. The van der Waals surface area contributed by atoms with E-state index in [1.807, 2.05) is 4.90 Å². The van der Waals surface area contributed by atoms with Crippen molar-refractivity contribution in [3.05, 3.63) is 0 Å². The molecular formula is C10H19IN2O3. The number of aliphatic hydroxyl groups is 1. The van der Waals surface area contributed by atoms with E-state index in [0.717, 1.165) is 32.7 Å². The van der Waals surface area contributed by atoms with E-state index < -0.39 is 0 Å². The molecule has 5 nitrogen and oxygen atoms in total. The van der Waals surface area contributed by atoms with E-state index in [4.69, 9.17) is 9.84 Å². The summed E-state index contributed by atoms with van der Waals surface area (Å²) in [4.78, 5) is 15.6. The molecule has 0 radical (unpaired) electrons. The third-order valence-electron chi connectivity index (χ3n) is 2.63. The van der Waals surface area contributed by atoms with Crippen molar-refractivity contribution >= 4 is 28.5 Å². The lowest BCUT2D eigenvalue weighted by Crippen LogP contribution is -2.49. The fourth-order valence-corrected chi connectivity index (χ4v) is 2.15. The maximum atomic E-state index is 11.4. The zero-order valence-electron chi connectivity index (χ0n) is 9.40. The van der Waals surface area contributed by atoms with Crippen LogP contribution in [0.5, 0.6) is 0 Å². The first kappa shape index (κ1) is 14.1. The van der Waals surface area contributed by atoms with Crippen molar-refractivity contribution in [3.8, 4) is 0 Å². The molecule has 6 heteroatoms. The molecular weight excluding hydrogens is 323 g/mol. The lowest BCUT2D eigenvalue weighted by Gasteiger charge is -2.34. The summed E-state index contributed by atoms with van der Waals surface area (Å²) in [6.45, 7) is 5.51. The fraction of sp³-hybridized carbons (Fsp3) is 0.900. The molecule has 0 aliphatic carbocycles. The Morgan fingerprint density at radius 1 is 1.25 bits per heavy atom. The molecule has 1 amide bonds. The van der Waals surface area contributed by atoms with Crippen molar-refractivity contribution < 1.29 is 14.6 Å².